The maximum absolute atomic E-state index is 13.0. The molecule has 0 aliphatic carbocycles. The Bertz CT molecular complexity index is 1400. The van der Waals surface area contributed by atoms with Crippen LogP contribution >= 0.6 is 0 Å². The second kappa shape index (κ2) is 8.75. The van der Waals surface area contributed by atoms with Gasteiger partial charge in [0.25, 0.3) is 0 Å². The normalized spacial score (nSPS) is 15.0. The molecule has 0 amide bonds. The Balaban J connectivity index is 1.34. The largest absolute Gasteiger partial charge is 0.421 e. The lowest BCUT2D eigenvalue weighted by Gasteiger charge is -2.37. The maximum Gasteiger partial charge on any atom is 0.362 e. The van der Waals surface area contributed by atoms with E-state index in [2.05, 4.69) is 52.5 Å². The van der Waals surface area contributed by atoms with Crippen LogP contribution in [-0.2, 0) is 19.3 Å². The quantitative estimate of drug-likeness (QED) is 0.285. The third-order valence-electron chi connectivity index (χ3n) is 7.26. The van der Waals surface area contributed by atoms with Gasteiger partial charge in [-0.1, -0.05) is 49.2 Å². The van der Waals surface area contributed by atoms with Gasteiger partial charge in [-0.25, -0.2) is 9.48 Å². The summed E-state index contributed by atoms with van der Waals surface area (Å²) in [5, 5.41) is 9.58. The van der Waals surface area contributed by atoms with Crippen molar-refractivity contribution in [1.82, 2.24) is 15.0 Å². The molecule has 0 atom stereocenters. The molecule has 0 fully saturated rings. The maximum atomic E-state index is 13.0. The molecule has 6 rings (SSSR count). The number of rotatable bonds is 6. The smallest absolute Gasteiger partial charge is 0.362 e. The first-order valence-electron chi connectivity index (χ1n) is 12.6. The Kier molecular flexibility index (Phi) is 5.44. The van der Waals surface area contributed by atoms with Gasteiger partial charge < -0.3 is 9.32 Å². The summed E-state index contributed by atoms with van der Waals surface area (Å²) in [5.74, 6) is 0. The zero-order chi connectivity index (χ0) is 23.1. The van der Waals surface area contributed by atoms with E-state index >= 15 is 0 Å². The Labute approximate surface area is 199 Å². The van der Waals surface area contributed by atoms with Crippen molar-refractivity contribution in [2.24, 2.45) is 0 Å². The van der Waals surface area contributed by atoms with Gasteiger partial charge in [0.2, 0.25) is 0 Å². The van der Waals surface area contributed by atoms with E-state index < -0.39 is 0 Å². The average Bonchev–Trinajstić information content (AvgIpc) is 3.35. The van der Waals surface area contributed by atoms with Crippen molar-refractivity contribution in [3.05, 3.63) is 69.7 Å². The molecule has 2 aliphatic heterocycles. The van der Waals surface area contributed by atoms with Crippen LogP contribution in [0.4, 0.5) is 5.69 Å². The van der Waals surface area contributed by atoms with Crippen LogP contribution < -0.4 is 10.5 Å². The Morgan fingerprint density at radius 1 is 1.03 bits per heavy atom. The van der Waals surface area contributed by atoms with Gasteiger partial charge in [0.05, 0.1) is 6.20 Å². The van der Waals surface area contributed by atoms with Crippen molar-refractivity contribution in [3.8, 4) is 16.9 Å². The molecule has 0 saturated carbocycles. The molecule has 2 aromatic heterocycles. The van der Waals surface area contributed by atoms with Crippen LogP contribution in [-0.4, -0.2) is 28.1 Å². The third kappa shape index (κ3) is 3.71. The average molecular weight is 455 g/mol. The SMILES string of the molecule is CCCCCc1ccc(-c2cn(-c3cc4cc5c6c(c4oc3=O)CCCN6CCC5)nn2)cc1. The van der Waals surface area contributed by atoms with Crippen molar-refractivity contribution in [2.75, 3.05) is 18.0 Å². The van der Waals surface area contributed by atoms with E-state index in [9.17, 15) is 4.79 Å². The van der Waals surface area contributed by atoms with Crippen LogP contribution in [0.1, 0.15) is 55.7 Å². The summed E-state index contributed by atoms with van der Waals surface area (Å²) in [4.78, 5) is 15.5. The molecule has 0 N–H and O–H groups in total. The number of unbranched alkanes of at least 4 members (excludes halogenated alkanes) is 2. The van der Waals surface area contributed by atoms with Crippen molar-refractivity contribution in [2.45, 2.75) is 58.3 Å². The van der Waals surface area contributed by atoms with E-state index in [4.69, 9.17) is 4.42 Å². The van der Waals surface area contributed by atoms with E-state index in [1.807, 2.05) is 12.3 Å². The highest BCUT2D eigenvalue weighted by molar-refractivity contribution is 5.89. The molecule has 0 saturated heterocycles. The zero-order valence-corrected chi connectivity index (χ0v) is 19.7. The van der Waals surface area contributed by atoms with Crippen molar-refractivity contribution >= 4 is 16.7 Å². The van der Waals surface area contributed by atoms with Gasteiger partial charge in [0, 0.05) is 35.3 Å². The van der Waals surface area contributed by atoms with E-state index in [1.165, 1.54) is 48.1 Å². The Hall–Kier alpha value is -3.41. The first-order chi connectivity index (χ1) is 16.7. The highest BCUT2D eigenvalue weighted by Gasteiger charge is 2.27. The lowest BCUT2D eigenvalue weighted by Crippen LogP contribution is -2.34. The van der Waals surface area contributed by atoms with E-state index in [-0.39, 0.29) is 5.63 Å². The first-order valence-corrected chi connectivity index (χ1v) is 12.6. The van der Waals surface area contributed by atoms with Gasteiger partial charge in [-0.2, -0.15) is 0 Å². The summed E-state index contributed by atoms with van der Waals surface area (Å²) in [6.07, 6.45) is 10.9. The molecule has 0 radical (unpaired) electrons. The van der Waals surface area contributed by atoms with Crippen LogP contribution in [0.25, 0.3) is 27.9 Å². The Morgan fingerprint density at radius 2 is 1.85 bits per heavy atom. The molecule has 34 heavy (non-hydrogen) atoms. The van der Waals surface area contributed by atoms with Gasteiger partial charge >= 0.3 is 5.63 Å². The Morgan fingerprint density at radius 3 is 2.68 bits per heavy atom. The molecule has 0 unspecified atom stereocenters. The number of benzene rings is 2. The van der Waals surface area contributed by atoms with Crippen LogP contribution in [0.2, 0.25) is 0 Å². The molecule has 0 spiro atoms. The number of aryl methyl sites for hydroxylation is 3. The minimum atomic E-state index is -0.376. The lowest BCUT2D eigenvalue weighted by atomic mass is 9.90. The predicted octanol–water partition coefficient (Wildman–Crippen LogP) is 5.47. The van der Waals surface area contributed by atoms with Crippen LogP contribution in [0.5, 0.6) is 0 Å². The minimum absolute atomic E-state index is 0.376. The van der Waals surface area contributed by atoms with Gasteiger partial charge in [-0.15, -0.1) is 5.10 Å². The summed E-state index contributed by atoms with van der Waals surface area (Å²) in [6.45, 7) is 4.41. The zero-order valence-electron chi connectivity index (χ0n) is 19.7. The summed E-state index contributed by atoms with van der Waals surface area (Å²) in [5.41, 5.74) is 7.71. The minimum Gasteiger partial charge on any atom is -0.421 e. The first kappa shape index (κ1) is 21.1. The number of anilines is 1. The third-order valence-corrected chi connectivity index (χ3v) is 7.26. The van der Waals surface area contributed by atoms with Gasteiger partial charge in [0.15, 0.2) is 5.69 Å². The van der Waals surface area contributed by atoms with E-state index in [0.717, 1.165) is 61.0 Å². The van der Waals surface area contributed by atoms with E-state index in [1.54, 1.807) is 4.68 Å². The summed E-state index contributed by atoms with van der Waals surface area (Å²) in [6, 6.07) is 12.6. The standard InChI is InChI=1S/C28H30N4O2/c1-2-3-4-7-19-10-12-20(13-11-19)24-18-32(30-29-24)25-17-22-16-21-8-5-14-31-15-6-9-23(26(21)31)27(22)34-28(25)33/h10-13,16-18H,2-9,14-15H2,1H3. The van der Waals surface area contributed by atoms with Crippen molar-refractivity contribution in [1.29, 1.82) is 0 Å². The topological polar surface area (TPSA) is 64.2 Å². The second-order valence-electron chi connectivity index (χ2n) is 9.60. The van der Waals surface area contributed by atoms with Gasteiger partial charge in [-0.05, 0) is 61.8 Å². The molecular formula is C28H30N4O2. The number of hydrogen-bond donors (Lipinski definition) is 0. The molecule has 6 heteroatoms. The molecular weight excluding hydrogens is 424 g/mol. The summed E-state index contributed by atoms with van der Waals surface area (Å²) >= 11 is 0. The lowest BCUT2D eigenvalue weighted by molar-refractivity contribution is 0.541. The van der Waals surface area contributed by atoms with Crippen molar-refractivity contribution in [3.63, 3.8) is 0 Å². The van der Waals surface area contributed by atoms with Crippen molar-refractivity contribution < 1.29 is 4.42 Å². The number of fused-ring (bicyclic) bond motifs is 2. The second-order valence-corrected chi connectivity index (χ2v) is 9.60. The molecule has 6 nitrogen and oxygen atoms in total. The molecule has 2 aliphatic rings. The fraction of sp³-hybridized carbons (Fsp3) is 0.393. The number of nitrogens with zero attached hydrogens (tertiary/aromatic N) is 4. The fourth-order valence-electron chi connectivity index (χ4n) is 5.53. The number of aromatic nitrogens is 3. The van der Waals surface area contributed by atoms with Crippen LogP contribution in [0.3, 0.4) is 0 Å². The van der Waals surface area contributed by atoms with Crippen LogP contribution in [0, 0.1) is 0 Å². The van der Waals surface area contributed by atoms with Gasteiger partial charge in [0.1, 0.15) is 11.3 Å². The molecule has 4 aromatic rings. The molecule has 2 aromatic carbocycles. The highest BCUT2D eigenvalue weighted by atomic mass is 16.4. The predicted molar refractivity (Wildman–Crippen MR) is 135 cm³/mol. The fourth-order valence-corrected chi connectivity index (χ4v) is 5.53. The molecule has 0 bridgehead atoms. The monoisotopic (exact) mass is 454 g/mol. The molecule has 174 valence electrons. The summed E-state index contributed by atoms with van der Waals surface area (Å²) < 4.78 is 7.47. The highest BCUT2D eigenvalue weighted by Crippen LogP contribution is 2.39. The molecule has 4 heterocycles. The van der Waals surface area contributed by atoms with E-state index in [0.29, 0.717) is 5.69 Å². The van der Waals surface area contributed by atoms with Gasteiger partial charge in [-0.3, -0.25) is 0 Å². The number of hydrogen-bond acceptors (Lipinski definition) is 5. The summed E-state index contributed by atoms with van der Waals surface area (Å²) in [7, 11) is 0. The van der Waals surface area contributed by atoms with Crippen LogP contribution in [0.15, 0.2) is 51.8 Å².